The van der Waals surface area contributed by atoms with Gasteiger partial charge in [0.1, 0.15) is 48.3 Å². The van der Waals surface area contributed by atoms with E-state index in [0.717, 1.165) is 17.3 Å². The van der Waals surface area contributed by atoms with E-state index in [2.05, 4.69) is 57.2 Å². The number of aliphatic hydroxyl groups excluding tert-OH is 2. The highest BCUT2D eigenvalue weighted by atomic mass is 32.2. The van der Waals surface area contributed by atoms with Crippen molar-refractivity contribution in [3.05, 3.63) is 54.2 Å². The largest absolute Gasteiger partial charge is 0.394 e. The number of hydrogen-bond donors (Lipinski definition) is 14. The summed E-state index contributed by atoms with van der Waals surface area (Å²) in [6, 6.07) is -3.25. The number of H-pyrrole nitrogens is 2. The number of benzene rings is 1. The predicted octanol–water partition coefficient (Wildman–Crippen LogP) is -4.02. The highest BCUT2D eigenvalue weighted by Crippen LogP contribution is 2.27. The number of imidazole rings is 1. The number of aromatic nitrogens is 3. The number of guanidine groups is 1. The molecule has 6 rings (SSSR count). The molecule has 3 aromatic rings. The Morgan fingerprint density at radius 2 is 1.42 bits per heavy atom. The number of aliphatic hydroxyl groups is 2. The van der Waals surface area contributed by atoms with Crippen LogP contribution in [-0.2, 0) is 56.0 Å². The molecule has 0 unspecified atom stereocenters. The Kier molecular flexibility index (Phi) is 22.2. The van der Waals surface area contributed by atoms with Gasteiger partial charge in [-0.15, -0.1) is 0 Å². The van der Waals surface area contributed by atoms with Gasteiger partial charge in [-0.25, -0.2) is 4.98 Å². The van der Waals surface area contributed by atoms with Crippen LogP contribution in [0.2, 0.25) is 0 Å². The van der Waals surface area contributed by atoms with Crippen molar-refractivity contribution in [1.29, 1.82) is 0 Å². The summed E-state index contributed by atoms with van der Waals surface area (Å²) in [5.74, 6) is -6.18. The molecule has 3 saturated heterocycles. The first-order chi connectivity index (χ1) is 37.4. The summed E-state index contributed by atoms with van der Waals surface area (Å²) in [6.07, 6.45) is 7.74. The summed E-state index contributed by atoms with van der Waals surface area (Å²) < 4.78 is 0. The molecule has 1 aromatic carbocycles. The second kappa shape index (κ2) is 28.9. The van der Waals surface area contributed by atoms with Crippen molar-refractivity contribution < 1.29 is 53.4 Å². The zero-order valence-electron chi connectivity index (χ0n) is 43.8. The van der Waals surface area contributed by atoms with Crippen LogP contribution in [0, 0.1) is 0 Å². The number of aromatic amines is 2. The van der Waals surface area contributed by atoms with Crippen molar-refractivity contribution >= 4 is 81.8 Å². The van der Waals surface area contributed by atoms with E-state index in [0.29, 0.717) is 42.8 Å². The molecule has 0 spiro atoms. The molecule has 3 aliphatic heterocycles. The lowest BCUT2D eigenvalue weighted by molar-refractivity contribution is -0.148. The van der Waals surface area contributed by atoms with Crippen LogP contribution < -0.4 is 54.4 Å². The molecule has 3 aliphatic rings. The van der Waals surface area contributed by atoms with Crippen LogP contribution in [0.15, 0.2) is 48.0 Å². The van der Waals surface area contributed by atoms with E-state index in [1.807, 2.05) is 30.5 Å². The average Bonchev–Trinajstić information content (AvgIpc) is 4.36. The number of primary amides is 1. The van der Waals surface area contributed by atoms with Gasteiger partial charge < -0.3 is 84.4 Å². The SMILES string of the molecule is CSCC[C@@H](NC(=O)[C@@H](Cc1c[nH]c2ccccc12)NC(=O)[C@@H](CO)NC(=O)[C@@H]1CCCN1)C(=O)N1CCC[C@@H]1C(=O)N1CCC[C@@H]1C(=O)N[C@H](CCCN=C(N)N)C(=O)N[C@H](Cc1cnc[nH]1)C(=O)N[C@@H](C(N)=O)[C@H](C)O. The molecule has 3 fully saturated rings. The fraction of sp³-hybridized carbons (Fsp3) is 0.580. The van der Waals surface area contributed by atoms with Gasteiger partial charge in [0.05, 0.1) is 25.1 Å². The number of carbonyl (C=O) groups excluding carboxylic acids is 9. The maximum absolute atomic E-state index is 14.8. The fourth-order valence-corrected chi connectivity index (χ4v) is 10.4. The molecule has 2 aromatic heterocycles. The van der Waals surface area contributed by atoms with E-state index >= 15 is 0 Å². The van der Waals surface area contributed by atoms with E-state index in [9.17, 15) is 53.4 Å². The number of hydrogen-bond acceptors (Lipinski definition) is 15. The highest BCUT2D eigenvalue weighted by Gasteiger charge is 2.45. The lowest BCUT2D eigenvalue weighted by Gasteiger charge is -2.33. The first-order valence-corrected chi connectivity index (χ1v) is 27.6. The Bertz CT molecular complexity index is 2610. The molecule has 28 heteroatoms. The number of para-hydroxylation sites is 1. The Balaban J connectivity index is 1.18. The van der Waals surface area contributed by atoms with Crippen molar-refractivity contribution in [3.63, 3.8) is 0 Å². The monoisotopic (exact) mass is 1110 g/mol. The van der Waals surface area contributed by atoms with Crippen LogP contribution >= 0.6 is 11.8 Å². The number of aliphatic imine (C=N–C) groups is 1. The van der Waals surface area contributed by atoms with Crippen molar-refractivity contribution in [2.45, 2.75) is 138 Å². The number of thioether (sulfide) groups is 1. The fourth-order valence-electron chi connectivity index (χ4n) is 9.95. The minimum atomic E-state index is -1.49. The van der Waals surface area contributed by atoms with Gasteiger partial charge in [0.2, 0.25) is 53.2 Å². The Morgan fingerprint density at radius 1 is 0.769 bits per heavy atom. The van der Waals surface area contributed by atoms with E-state index in [-0.39, 0.29) is 70.5 Å². The molecule has 10 atom stereocenters. The second-order valence-electron chi connectivity index (χ2n) is 19.7. The van der Waals surface area contributed by atoms with Crippen LogP contribution in [-0.4, -0.2) is 199 Å². The van der Waals surface area contributed by atoms with Crippen LogP contribution in [0.1, 0.15) is 76.0 Å². The zero-order chi connectivity index (χ0) is 56.5. The highest BCUT2D eigenvalue weighted by molar-refractivity contribution is 7.98. The molecular formula is C50H74N16O11S. The van der Waals surface area contributed by atoms with E-state index in [4.69, 9.17) is 17.2 Å². The van der Waals surface area contributed by atoms with Gasteiger partial charge in [0, 0.05) is 61.5 Å². The number of amides is 9. The normalized spacial score (nSPS) is 19.8. The summed E-state index contributed by atoms with van der Waals surface area (Å²) in [6.45, 7) is 1.54. The minimum absolute atomic E-state index is 0.0257. The number of likely N-dealkylation sites (tertiary alicyclic amines) is 2. The predicted molar refractivity (Wildman–Crippen MR) is 287 cm³/mol. The zero-order valence-corrected chi connectivity index (χ0v) is 44.7. The van der Waals surface area contributed by atoms with Gasteiger partial charge >= 0.3 is 0 Å². The van der Waals surface area contributed by atoms with E-state index in [1.54, 1.807) is 6.20 Å². The van der Waals surface area contributed by atoms with Gasteiger partial charge in [-0.1, -0.05) is 18.2 Å². The number of nitrogens with one attached hydrogen (secondary N) is 9. The first kappa shape index (κ1) is 59.9. The van der Waals surface area contributed by atoms with Crippen LogP contribution in [0.4, 0.5) is 0 Å². The molecule has 17 N–H and O–H groups in total. The third-order valence-corrected chi connectivity index (χ3v) is 14.7. The molecule has 0 bridgehead atoms. The molecule has 9 amide bonds. The summed E-state index contributed by atoms with van der Waals surface area (Å²) in [4.78, 5) is 142. The summed E-state index contributed by atoms with van der Waals surface area (Å²) in [5.41, 5.74) is 18.4. The molecule has 0 radical (unpaired) electrons. The Labute approximate surface area is 454 Å². The topological polar surface area (TPSA) is 420 Å². The summed E-state index contributed by atoms with van der Waals surface area (Å²) in [7, 11) is 0. The van der Waals surface area contributed by atoms with Crippen LogP contribution in [0.25, 0.3) is 10.9 Å². The minimum Gasteiger partial charge on any atom is -0.394 e. The standard InChI is InChI=1S/C50H74N16O11S/c1-27(68)40(41(51)69)64-45(73)36(22-29-24-54-26-58-29)62-43(71)33(12-6-17-56-50(52)53)59-47(75)38-13-7-18-65(38)49(77)39-14-8-19-66(39)48(76)34(15-20-78-2)60-44(72)35(21-28-23-57-31-10-4-3-9-30(28)31)61-46(74)37(25-67)63-42(70)32-11-5-16-55-32/h3-4,9-10,23-24,26-27,32-40,55,57,67-68H,5-8,11-22,25H2,1-2H3,(H2,51,69)(H,54,58)(H,59,75)(H,60,72)(H,61,74)(H,62,71)(H,63,70)(H,64,73)(H4,52,53,56)/t27-,32-,33+,34+,35+,36+,37+,38+,39+,40+/m0/s1. The van der Waals surface area contributed by atoms with Gasteiger partial charge in [0.25, 0.3) is 0 Å². The first-order valence-electron chi connectivity index (χ1n) is 26.2. The third kappa shape index (κ3) is 16.1. The number of nitrogens with two attached hydrogens (primary N) is 3. The van der Waals surface area contributed by atoms with Gasteiger partial charge in [-0.05, 0) is 94.9 Å². The Hall–Kier alpha value is -7.30. The lowest BCUT2D eigenvalue weighted by Crippen LogP contribution is -2.61. The number of fused-ring (bicyclic) bond motifs is 1. The van der Waals surface area contributed by atoms with Crippen molar-refractivity contribution in [2.75, 3.05) is 44.8 Å². The average molecular weight is 1110 g/mol. The molecular weight excluding hydrogens is 1030 g/mol. The van der Waals surface area contributed by atoms with Crippen molar-refractivity contribution in [1.82, 2.24) is 62.0 Å². The van der Waals surface area contributed by atoms with Gasteiger partial charge in [-0.2, -0.15) is 11.8 Å². The lowest BCUT2D eigenvalue weighted by atomic mass is 10.0. The number of nitrogens with zero attached hydrogens (tertiary/aromatic N) is 4. The molecule has 5 heterocycles. The maximum Gasteiger partial charge on any atom is 0.246 e. The van der Waals surface area contributed by atoms with E-state index in [1.165, 1.54) is 41.0 Å². The van der Waals surface area contributed by atoms with Crippen LogP contribution in [0.5, 0.6) is 0 Å². The van der Waals surface area contributed by atoms with Crippen molar-refractivity contribution in [2.24, 2.45) is 22.2 Å². The quantitative estimate of drug-likeness (QED) is 0.0187. The molecule has 78 heavy (non-hydrogen) atoms. The number of carbonyl (C=O) groups is 9. The van der Waals surface area contributed by atoms with Crippen LogP contribution in [0.3, 0.4) is 0 Å². The number of rotatable bonds is 28. The van der Waals surface area contributed by atoms with E-state index < -0.39 is 120 Å². The van der Waals surface area contributed by atoms with Gasteiger partial charge in [0.15, 0.2) is 5.96 Å². The summed E-state index contributed by atoms with van der Waals surface area (Å²) in [5, 5.41) is 40.2. The smallest absolute Gasteiger partial charge is 0.246 e. The summed E-state index contributed by atoms with van der Waals surface area (Å²) >= 11 is 1.43. The molecule has 27 nitrogen and oxygen atoms in total. The Morgan fingerprint density at radius 3 is 2.08 bits per heavy atom. The third-order valence-electron chi connectivity index (χ3n) is 14.1. The van der Waals surface area contributed by atoms with Gasteiger partial charge in [-0.3, -0.25) is 48.1 Å². The molecule has 0 saturated carbocycles. The maximum atomic E-state index is 14.8. The van der Waals surface area contributed by atoms with Crippen molar-refractivity contribution in [3.8, 4) is 0 Å². The molecule has 0 aliphatic carbocycles. The second-order valence-corrected chi connectivity index (χ2v) is 20.7. The molecule has 426 valence electrons.